The molecule has 1 aromatic rings. The number of H-pyrrole nitrogens is 1. The number of aromatic amines is 1. The van der Waals surface area contributed by atoms with Gasteiger partial charge in [0.15, 0.2) is 6.23 Å². The molecule has 0 saturated carbocycles. The second kappa shape index (κ2) is 6.65. The number of hydrogen-bond donors (Lipinski definition) is 4. The minimum atomic E-state index is -4.74. The van der Waals surface area contributed by atoms with E-state index in [4.69, 9.17) is 19.3 Å². The third-order valence-electron chi connectivity index (χ3n) is 3.41. The quantitative estimate of drug-likeness (QED) is 0.449. The van der Waals surface area contributed by atoms with Gasteiger partial charge >= 0.3 is 13.5 Å². The van der Waals surface area contributed by atoms with Gasteiger partial charge in [-0.15, -0.1) is 0 Å². The van der Waals surface area contributed by atoms with E-state index in [1.807, 2.05) is 0 Å². The van der Waals surface area contributed by atoms with Crippen molar-refractivity contribution in [3.63, 3.8) is 0 Å². The number of rotatable bonds is 5. The molecule has 4 atom stereocenters. The van der Waals surface area contributed by atoms with E-state index in [9.17, 15) is 19.3 Å². The Morgan fingerprint density at radius 2 is 2.09 bits per heavy atom. The maximum Gasteiger partial charge on any atom is 0.469 e. The Morgan fingerprint density at radius 1 is 1.43 bits per heavy atom. The number of nitrogens with one attached hydrogen (secondary N) is 1. The van der Waals surface area contributed by atoms with Gasteiger partial charge < -0.3 is 24.4 Å². The Morgan fingerprint density at radius 3 is 2.65 bits per heavy atom. The number of nitrogens with zero attached hydrogens (tertiary/aromatic N) is 1. The molecule has 23 heavy (non-hydrogen) atoms. The number of aryl methyl sites for hydroxylation is 1. The van der Waals surface area contributed by atoms with Crippen molar-refractivity contribution in [2.45, 2.75) is 31.5 Å². The van der Waals surface area contributed by atoms with E-state index in [2.05, 4.69) is 9.51 Å². The van der Waals surface area contributed by atoms with E-state index in [1.165, 1.54) is 20.2 Å². The van der Waals surface area contributed by atoms with E-state index in [1.54, 1.807) is 0 Å². The molecule has 0 bridgehead atoms. The summed E-state index contributed by atoms with van der Waals surface area (Å²) in [6.07, 6.45) is -3.27. The van der Waals surface area contributed by atoms with Crippen molar-refractivity contribution in [1.82, 2.24) is 9.55 Å². The van der Waals surface area contributed by atoms with Gasteiger partial charge in [-0.25, -0.2) is 9.36 Å². The number of ether oxygens (including phenoxy) is 2. The number of hydrogen-bond acceptors (Lipinski definition) is 7. The lowest BCUT2D eigenvalue weighted by Gasteiger charge is -2.20. The molecular formula is C11H17N2O9P. The molecule has 2 heterocycles. The zero-order valence-corrected chi connectivity index (χ0v) is 13.2. The van der Waals surface area contributed by atoms with Crippen molar-refractivity contribution in [2.75, 3.05) is 13.7 Å². The number of methoxy groups -OCH3 is 1. The molecule has 1 fully saturated rings. The summed E-state index contributed by atoms with van der Waals surface area (Å²) < 4.78 is 26.6. The summed E-state index contributed by atoms with van der Waals surface area (Å²) in [5.41, 5.74) is -1.08. The first kappa shape index (κ1) is 18.0. The number of aliphatic hydroxyl groups is 1. The van der Waals surface area contributed by atoms with Gasteiger partial charge in [0, 0.05) is 18.9 Å². The molecule has 0 spiro atoms. The minimum Gasteiger partial charge on any atom is -0.387 e. The highest BCUT2D eigenvalue weighted by atomic mass is 31.2. The Hall–Kier alpha value is -1.33. The fourth-order valence-electron chi connectivity index (χ4n) is 2.28. The molecule has 12 heteroatoms. The van der Waals surface area contributed by atoms with E-state index in [-0.39, 0.29) is 5.56 Å². The van der Waals surface area contributed by atoms with E-state index in [0.29, 0.717) is 0 Å². The molecule has 2 rings (SSSR count). The summed E-state index contributed by atoms with van der Waals surface area (Å²) in [5.74, 6) is 0. The first-order chi connectivity index (χ1) is 10.6. The van der Waals surface area contributed by atoms with Crippen LogP contribution in [0.4, 0.5) is 0 Å². The second-order valence-electron chi connectivity index (χ2n) is 5.02. The first-order valence-corrected chi connectivity index (χ1v) is 8.05. The summed E-state index contributed by atoms with van der Waals surface area (Å²) in [7, 11) is -3.46. The van der Waals surface area contributed by atoms with Crippen LogP contribution in [-0.4, -0.2) is 56.5 Å². The molecule has 0 radical (unpaired) electrons. The summed E-state index contributed by atoms with van der Waals surface area (Å²) in [4.78, 5) is 42.8. The highest BCUT2D eigenvalue weighted by Crippen LogP contribution is 2.38. The van der Waals surface area contributed by atoms with Gasteiger partial charge in [0.25, 0.3) is 5.56 Å². The largest absolute Gasteiger partial charge is 0.469 e. The number of phosphoric acid groups is 1. The van der Waals surface area contributed by atoms with Crippen LogP contribution < -0.4 is 11.2 Å². The lowest BCUT2D eigenvalue weighted by atomic mass is 10.1. The van der Waals surface area contributed by atoms with Crippen molar-refractivity contribution >= 4 is 7.82 Å². The van der Waals surface area contributed by atoms with Crippen LogP contribution >= 0.6 is 7.82 Å². The zero-order valence-electron chi connectivity index (χ0n) is 12.3. The lowest BCUT2D eigenvalue weighted by molar-refractivity contribution is -0.0621. The topological polar surface area (TPSA) is 160 Å². The molecule has 1 aliphatic heterocycles. The predicted molar refractivity (Wildman–Crippen MR) is 74.8 cm³/mol. The molecule has 11 nitrogen and oxygen atoms in total. The van der Waals surface area contributed by atoms with E-state index in [0.717, 1.165) is 4.57 Å². The molecule has 0 aromatic carbocycles. The third-order valence-corrected chi connectivity index (χ3v) is 3.90. The number of aliphatic hydroxyl groups excluding tert-OH is 1. The van der Waals surface area contributed by atoms with Gasteiger partial charge in [-0.05, 0) is 6.92 Å². The SMILES string of the molecule is CO[C@@H]1[C@H](O)[C@@H](COP(=O)(O)O)O[C@H]1n1cc(C)c(=O)[nH]c1=O. The van der Waals surface area contributed by atoms with Gasteiger partial charge in [0.2, 0.25) is 0 Å². The standard InChI is InChI=1S/C11H17N2O9P/c1-5-3-13(11(16)12-9(5)15)10-8(20-2)7(14)6(22-10)4-21-23(17,18)19/h3,6-8,10,14H,4H2,1-2H3,(H,12,15,16)(H2,17,18,19)/t6-,7-,8-,10-/m1/s1. The van der Waals surface area contributed by atoms with Gasteiger partial charge in [0.1, 0.15) is 18.3 Å². The van der Waals surface area contributed by atoms with Crippen LogP contribution in [0.2, 0.25) is 0 Å². The Labute approximate surface area is 129 Å². The van der Waals surface area contributed by atoms with Crippen LogP contribution in [0, 0.1) is 6.92 Å². The second-order valence-corrected chi connectivity index (χ2v) is 6.26. The van der Waals surface area contributed by atoms with Crippen LogP contribution in [0.25, 0.3) is 0 Å². The molecule has 130 valence electrons. The lowest BCUT2D eigenvalue weighted by Crippen LogP contribution is -2.39. The Kier molecular flexibility index (Phi) is 5.21. The van der Waals surface area contributed by atoms with Crippen LogP contribution in [0.5, 0.6) is 0 Å². The average molecular weight is 352 g/mol. The van der Waals surface area contributed by atoms with Crippen molar-refractivity contribution in [3.05, 3.63) is 32.6 Å². The van der Waals surface area contributed by atoms with Crippen LogP contribution in [0.1, 0.15) is 11.8 Å². The highest BCUT2D eigenvalue weighted by Gasteiger charge is 2.46. The predicted octanol–water partition coefficient (Wildman–Crippen LogP) is -1.77. The molecular weight excluding hydrogens is 335 g/mol. The normalized spacial score (nSPS) is 28.2. The van der Waals surface area contributed by atoms with Gasteiger partial charge in [-0.3, -0.25) is 18.9 Å². The highest BCUT2D eigenvalue weighted by molar-refractivity contribution is 7.46. The van der Waals surface area contributed by atoms with Crippen LogP contribution in [-0.2, 0) is 18.6 Å². The van der Waals surface area contributed by atoms with Crippen molar-refractivity contribution in [1.29, 1.82) is 0 Å². The fraction of sp³-hybridized carbons (Fsp3) is 0.636. The van der Waals surface area contributed by atoms with Gasteiger partial charge in [-0.1, -0.05) is 0 Å². The monoisotopic (exact) mass is 352 g/mol. The molecule has 1 aliphatic rings. The Balaban J connectivity index is 2.29. The molecule has 1 aromatic heterocycles. The zero-order chi connectivity index (χ0) is 17.4. The molecule has 0 amide bonds. The third kappa shape index (κ3) is 3.96. The van der Waals surface area contributed by atoms with Crippen LogP contribution in [0.3, 0.4) is 0 Å². The first-order valence-electron chi connectivity index (χ1n) is 6.52. The summed E-state index contributed by atoms with van der Waals surface area (Å²) in [6, 6.07) is 0. The van der Waals surface area contributed by atoms with Gasteiger partial charge in [-0.2, -0.15) is 0 Å². The van der Waals surface area contributed by atoms with Crippen LogP contribution in [0.15, 0.2) is 15.8 Å². The molecule has 0 unspecified atom stereocenters. The van der Waals surface area contributed by atoms with E-state index < -0.39 is 50.2 Å². The van der Waals surface area contributed by atoms with Crippen molar-refractivity contribution < 1.29 is 33.5 Å². The van der Waals surface area contributed by atoms with Crippen molar-refractivity contribution in [2.24, 2.45) is 0 Å². The molecule has 1 saturated heterocycles. The Bertz CT molecular complexity index is 723. The minimum absolute atomic E-state index is 0.243. The molecule has 0 aliphatic carbocycles. The number of phosphoric ester groups is 1. The average Bonchev–Trinajstić information content (AvgIpc) is 2.76. The smallest absolute Gasteiger partial charge is 0.387 e. The molecule has 4 N–H and O–H groups in total. The fourth-order valence-corrected chi connectivity index (χ4v) is 2.62. The number of aromatic nitrogens is 2. The maximum atomic E-state index is 11.9. The maximum absolute atomic E-state index is 11.9. The summed E-state index contributed by atoms with van der Waals surface area (Å²) in [5, 5.41) is 10.1. The summed E-state index contributed by atoms with van der Waals surface area (Å²) >= 11 is 0. The van der Waals surface area contributed by atoms with Crippen molar-refractivity contribution in [3.8, 4) is 0 Å². The van der Waals surface area contributed by atoms with E-state index >= 15 is 0 Å². The van der Waals surface area contributed by atoms with Gasteiger partial charge in [0.05, 0.1) is 6.61 Å². The summed E-state index contributed by atoms with van der Waals surface area (Å²) in [6.45, 7) is 0.884.